The van der Waals surface area contributed by atoms with Gasteiger partial charge in [-0.05, 0) is 6.42 Å². The van der Waals surface area contributed by atoms with Gasteiger partial charge in [-0.1, -0.05) is 0 Å². The van der Waals surface area contributed by atoms with Crippen LogP contribution >= 0.6 is 0 Å². The first-order valence-corrected chi connectivity index (χ1v) is 16.3. The number of hydrogen-bond acceptors (Lipinski definition) is 17. The average Bonchev–Trinajstić information content (AvgIpc) is 3.08. The van der Waals surface area contributed by atoms with Gasteiger partial charge in [-0.25, -0.2) is 0 Å². The van der Waals surface area contributed by atoms with Gasteiger partial charge in [0, 0.05) is 33.4 Å². The topological polar surface area (TPSA) is 319 Å². The number of aliphatic hydroxyl groups excluding tert-OH is 6. The van der Waals surface area contributed by atoms with E-state index in [2.05, 4.69) is 21.3 Å². The second kappa shape index (κ2) is 23.0. The zero-order valence-corrected chi connectivity index (χ0v) is 28.2. The molecule has 2 saturated heterocycles. The molecule has 2 rings (SSSR count). The highest BCUT2D eigenvalue weighted by Crippen LogP contribution is 2.23. The fourth-order valence-electron chi connectivity index (χ4n) is 5.02. The number of aliphatic hydroxyl groups is 6. The third-order valence-electron chi connectivity index (χ3n) is 7.65. The Hall–Kier alpha value is -2.64. The molecule has 0 aromatic heterocycles. The van der Waals surface area contributed by atoms with Gasteiger partial charge < -0.3 is 86.1 Å². The van der Waals surface area contributed by atoms with Gasteiger partial charge in [0.2, 0.25) is 23.6 Å². The molecule has 2 aliphatic rings. The Kier molecular flexibility index (Phi) is 20.0. The summed E-state index contributed by atoms with van der Waals surface area (Å²) in [6.45, 7) is 1.92. The van der Waals surface area contributed by atoms with Crippen molar-refractivity contribution < 1.29 is 78.2 Å². The summed E-state index contributed by atoms with van der Waals surface area (Å²) in [5.74, 6) is -1.78. The van der Waals surface area contributed by atoms with Gasteiger partial charge in [-0.2, -0.15) is 0 Å². The van der Waals surface area contributed by atoms with Crippen molar-refractivity contribution in [2.45, 2.75) is 94.0 Å². The third-order valence-corrected chi connectivity index (χ3v) is 7.65. The number of rotatable bonds is 22. The van der Waals surface area contributed by atoms with Crippen molar-refractivity contribution in [1.29, 1.82) is 0 Å². The number of nitrogens with two attached hydrogens (primary N) is 1. The van der Waals surface area contributed by atoms with Crippen LogP contribution in [0.3, 0.4) is 0 Å². The van der Waals surface area contributed by atoms with Gasteiger partial charge in [0.05, 0.1) is 58.9 Å². The molecule has 0 aromatic rings. The quantitative estimate of drug-likeness (QED) is 0.0462. The zero-order chi connectivity index (χ0) is 37.2. The second-order valence-electron chi connectivity index (χ2n) is 11.6. The molecule has 10 unspecified atom stereocenters. The fourth-order valence-corrected chi connectivity index (χ4v) is 5.02. The van der Waals surface area contributed by atoms with Crippen LogP contribution in [0.5, 0.6) is 0 Å². The molecule has 12 N–H and O–H groups in total. The molecule has 0 spiro atoms. The van der Waals surface area contributed by atoms with Crippen molar-refractivity contribution in [1.82, 2.24) is 21.3 Å². The Labute approximate surface area is 289 Å². The summed E-state index contributed by atoms with van der Waals surface area (Å²) in [4.78, 5) is 47.3. The van der Waals surface area contributed by atoms with Crippen LogP contribution in [0.15, 0.2) is 0 Å². The number of amides is 4. The number of hydrogen-bond donors (Lipinski definition) is 11. The molecular weight excluding hydrogens is 674 g/mol. The van der Waals surface area contributed by atoms with Gasteiger partial charge >= 0.3 is 0 Å². The standard InChI is InChI=1S/C29H53N5O16/c1-15(37)33-21-25(42)23(40)18(13-35)49-28(21)47-11-9-45-7-5-31-20(39)4-3-17(30)27(44)32-6-8-46-10-12-48-29-22(34-16(2)38)26(43)24(41)19(14-36)50-29/h17-19,21-26,28-29,35-36,40-43H,3-14,30H2,1-2H3,(H,31,39)(H,32,44)(H,33,37)(H,34,38)/t17?,18?,19?,21?,22-,23?,24?,25?,26?,28?,29?/m0/s1. The molecule has 21 nitrogen and oxygen atoms in total. The predicted molar refractivity (Wildman–Crippen MR) is 168 cm³/mol. The first-order chi connectivity index (χ1) is 23.8. The van der Waals surface area contributed by atoms with Crippen molar-refractivity contribution in [3.8, 4) is 0 Å². The van der Waals surface area contributed by atoms with Crippen LogP contribution in [-0.4, -0.2) is 188 Å². The maximum absolute atomic E-state index is 12.2. The van der Waals surface area contributed by atoms with Crippen LogP contribution < -0.4 is 27.0 Å². The van der Waals surface area contributed by atoms with Crippen molar-refractivity contribution in [2.24, 2.45) is 5.73 Å². The summed E-state index contributed by atoms with van der Waals surface area (Å²) in [5, 5.41) is 69.5. The van der Waals surface area contributed by atoms with E-state index in [1.807, 2.05) is 0 Å². The summed E-state index contributed by atoms with van der Waals surface area (Å²) in [5.41, 5.74) is 5.87. The van der Waals surface area contributed by atoms with E-state index in [9.17, 15) is 49.8 Å². The van der Waals surface area contributed by atoms with Gasteiger partial charge in [0.25, 0.3) is 0 Å². The van der Waals surface area contributed by atoms with E-state index < -0.39 is 98.3 Å². The first kappa shape index (κ1) is 43.5. The Morgan fingerprint density at radius 3 is 1.54 bits per heavy atom. The Bertz CT molecular complexity index is 1050. The van der Waals surface area contributed by atoms with Crippen molar-refractivity contribution in [3.63, 3.8) is 0 Å². The van der Waals surface area contributed by atoms with Crippen LogP contribution in [0.2, 0.25) is 0 Å². The van der Waals surface area contributed by atoms with Crippen molar-refractivity contribution in [2.75, 3.05) is 65.9 Å². The molecule has 0 radical (unpaired) electrons. The Balaban J connectivity index is 1.53. The van der Waals surface area contributed by atoms with E-state index >= 15 is 0 Å². The van der Waals surface area contributed by atoms with Crippen molar-refractivity contribution in [3.05, 3.63) is 0 Å². The van der Waals surface area contributed by atoms with Crippen LogP contribution in [0.4, 0.5) is 0 Å². The highest BCUT2D eigenvalue weighted by atomic mass is 16.7. The molecule has 0 aromatic carbocycles. The molecule has 2 heterocycles. The van der Waals surface area contributed by atoms with Crippen LogP contribution in [-0.2, 0) is 47.6 Å². The first-order valence-electron chi connectivity index (χ1n) is 16.3. The summed E-state index contributed by atoms with van der Waals surface area (Å²) in [6, 6.07) is -3.08. The largest absolute Gasteiger partial charge is 0.394 e. The SMILES string of the molecule is CC(=O)NC1C(OCCOCCNC(=O)CCC(N)C(=O)NCCOCCOC2OC(CO)C(O)C(O)[C@@H]2NC(C)=O)OC(CO)C(O)C1O. The summed E-state index contributed by atoms with van der Waals surface area (Å²) >= 11 is 0. The smallest absolute Gasteiger partial charge is 0.237 e. The summed E-state index contributed by atoms with van der Waals surface area (Å²) < 4.78 is 32.7. The molecule has 0 saturated carbocycles. The highest BCUT2D eigenvalue weighted by Gasteiger charge is 2.46. The van der Waals surface area contributed by atoms with Gasteiger partial charge in [0.1, 0.15) is 48.7 Å². The lowest BCUT2D eigenvalue weighted by Crippen LogP contribution is -2.64. The van der Waals surface area contributed by atoms with Gasteiger partial charge in [-0.3, -0.25) is 19.2 Å². The minimum atomic E-state index is -1.43. The fraction of sp³-hybridized carbons (Fsp3) is 0.862. The third kappa shape index (κ3) is 14.5. The molecule has 290 valence electrons. The number of ether oxygens (including phenoxy) is 6. The molecule has 50 heavy (non-hydrogen) atoms. The molecule has 4 amide bonds. The molecule has 11 atom stereocenters. The average molecular weight is 728 g/mol. The number of carbonyl (C=O) groups excluding carboxylic acids is 4. The maximum Gasteiger partial charge on any atom is 0.237 e. The predicted octanol–water partition coefficient (Wildman–Crippen LogP) is -6.72. The summed E-state index contributed by atoms with van der Waals surface area (Å²) in [6.07, 6.45) is -10.1. The van der Waals surface area contributed by atoms with E-state index in [-0.39, 0.29) is 71.5 Å². The van der Waals surface area contributed by atoms with Crippen molar-refractivity contribution >= 4 is 23.6 Å². The highest BCUT2D eigenvalue weighted by molar-refractivity contribution is 5.83. The summed E-state index contributed by atoms with van der Waals surface area (Å²) in [7, 11) is 0. The van der Waals surface area contributed by atoms with Gasteiger partial charge in [0.15, 0.2) is 12.6 Å². The Morgan fingerprint density at radius 1 is 0.680 bits per heavy atom. The second-order valence-corrected chi connectivity index (χ2v) is 11.6. The molecule has 2 fully saturated rings. The normalized spacial score (nSPS) is 30.3. The minimum absolute atomic E-state index is 0.0130. The minimum Gasteiger partial charge on any atom is -0.394 e. The number of nitrogens with one attached hydrogen (secondary N) is 4. The van der Waals surface area contributed by atoms with Crippen LogP contribution in [0.25, 0.3) is 0 Å². The lowest BCUT2D eigenvalue weighted by atomic mass is 9.97. The number of carbonyl (C=O) groups is 4. The van der Waals surface area contributed by atoms with E-state index in [4.69, 9.17) is 34.2 Å². The van der Waals surface area contributed by atoms with Crippen LogP contribution in [0, 0.1) is 0 Å². The zero-order valence-electron chi connectivity index (χ0n) is 28.2. The van der Waals surface area contributed by atoms with Gasteiger partial charge in [-0.15, -0.1) is 0 Å². The van der Waals surface area contributed by atoms with E-state index in [1.54, 1.807) is 0 Å². The maximum atomic E-state index is 12.2. The Morgan fingerprint density at radius 2 is 1.12 bits per heavy atom. The monoisotopic (exact) mass is 727 g/mol. The molecule has 0 aliphatic carbocycles. The molecule has 21 heteroatoms. The van der Waals surface area contributed by atoms with E-state index in [1.165, 1.54) is 13.8 Å². The lowest BCUT2D eigenvalue weighted by molar-refractivity contribution is -0.272. The molecule has 0 bridgehead atoms. The van der Waals surface area contributed by atoms with E-state index in [0.29, 0.717) is 0 Å². The van der Waals surface area contributed by atoms with E-state index in [0.717, 1.165) is 0 Å². The van der Waals surface area contributed by atoms with Crippen LogP contribution in [0.1, 0.15) is 26.7 Å². The lowest BCUT2D eigenvalue weighted by Gasteiger charge is -2.42. The molecule has 2 aliphatic heterocycles. The molecular formula is C29H53N5O16.